The number of carbonyl (C=O) groups excluding carboxylic acids is 3. The SMILES string of the molecule is COc1cc(C(=O)N(C)c2ccc(C)cc2OCCCCCC(=O)N2CCN(C)CC2)ccc1NC(=O)[N+]12C=CC=CC1=NC(C)=C2.Cl.Cl. The van der Waals surface area contributed by atoms with Crippen LogP contribution in [-0.4, -0.2) is 92.0 Å². The van der Waals surface area contributed by atoms with Gasteiger partial charge in [0.2, 0.25) is 11.7 Å². The van der Waals surface area contributed by atoms with Gasteiger partial charge in [0.1, 0.15) is 23.9 Å². The summed E-state index contributed by atoms with van der Waals surface area (Å²) in [5.41, 5.74) is 3.24. The van der Waals surface area contributed by atoms with Crippen LogP contribution in [-0.2, 0) is 4.79 Å². The number of hydrogen-bond acceptors (Lipinski definition) is 7. The lowest BCUT2D eigenvalue weighted by atomic mass is 10.1. The molecule has 3 aliphatic rings. The first-order valence-corrected chi connectivity index (χ1v) is 16.1. The standard InChI is InChI=1S/C36H44N6O5.2ClH/c1-26-13-16-30(32(23-26)47-22-10-6-7-12-34(43)41-19-17-39(3)18-20-41)40(4)35(44)28-14-15-29(31(24-28)46-5)38-36(45)42-21-9-8-11-33(42)37-27(2)25-42;;/h8-9,11,13-16,21,23-25H,6-7,10,12,17-20,22H2,1-5H3;2*1H/p+1. The molecule has 1 fully saturated rings. The molecule has 1 saturated heterocycles. The number of benzene rings is 2. The van der Waals surface area contributed by atoms with Crippen LogP contribution >= 0.6 is 24.8 Å². The van der Waals surface area contributed by atoms with Gasteiger partial charge in [-0.05, 0) is 88.2 Å². The van der Waals surface area contributed by atoms with Crippen LogP contribution in [0.4, 0.5) is 16.2 Å². The van der Waals surface area contributed by atoms with Crippen LogP contribution in [0.5, 0.6) is 11.5 Å². The molecule has 264 valence electrons. The number of carbonyl (C=O) groups is 3. The molecular weight excluding hydrogens is 667 g/mol. The van der Waals surface area contributed by atoms with Crippen molar-refractivity contribution in [2.75, 3.05) is 64.2 Å². The zero-order valence-electron chi connectivity index (χ0n) is 28.8. The number of ether oxygens (including phenoxy) is 2. The number of likely N-dealkylation sites (N-methyl/N-ethyl adjacent to an activating group) is 1. The second-order valence-corrected chi connectivity index (χ2v) is 12.2. The lowest BCUT2D eigenvalue weighted by Gasteiger charge is -2.32. The molecule has 3 heterocycles. The average molecular weight is 715 g/mol. The Morgan fingerprint density at radius 1 is 0.959 bits per heavy atom. The van der Waals surface area contributed by atoms with E-state index in [9.17, 15) is 14.4 Å². The van der Waals surface area contributed by atoms with Gasteiger partial charge in [0.15, 0.2) is 0 Å². The molecule has 1 N–H and O–H groups in total. The number of aryl methyl sites for hydroxylation is 1. The summed E-state index contributed by atoms with van der Waals surface area (Å²) >= 11 is 0. The minimum absolute atomic E-state index is 0. The van der Waals surface area contributed by atoms with E-state index >= 15 is 0 Å². The molecule has 1 unspecified atom stereocenters. The highest BCUT2D eigenvalue weighted by atomic mass is 35.5. The van der Waals surface area contributed by atoms with Gasteiger partial charge in [-0.3, -0.25) is 14.9 Å². The van der Waals surface area contributed by atoms with E-state index in [0.29, 0.717) is 47.3 Å². The van der Waals surface area contributed by atoms with E-state index in [1.165, 1.54) is 7.11 Å². The Morgan fingerprint density at radius 2 is 1.71 bits per heavy atom. The molecule has 0 radical (unpaired) electrons. The van der Waals surface area contributed by atoms with E-state index < -0.39 is 0 Å². The topological polar surface area (TPSA) is 104 Å². The van der Waals surface area contributed by atoms with Gasteiger partial charge in [0.25, 0.3) is 5.91 Å². The zero-order chi connectivity index (χ0) is 33.6. The first-order valence-electron chi connectivity index (χ1n) is 16.1. The fourth-order valence-electron chi connectivity index (χ4n) is 5.89. The monoisotopic (exact) mass is 713 g/mol. The van der Waals surface area contributed by atoms with Crippen molar-refractivity contribution in [2.45, 2.75) is 39.5 Å². The van der Waals surface area contributed by atoms with Crippen LogP contribution < -0.4 is 19.7 Å². The van der Waals surface area contributed by atoms with Gasteiger partial charge in [-0.2, -0.15) is 4.99 Å². The number of aliphatic imine (C=N–C) groups is 1. The molecule has 11 nitrogen and oxygen atoms in total. The number of quaternary nitrogens is 1. The maximum absolute atomic E-state index is 13.7. The third-order valence-corrected chi connectivity index (χ3v) is 8.69. The quantitative estimate of drug-likeness (QED) is 0.210. The molecule has 0 spiro atoms. The van der Waals surface area contributed by atoms with Gasteiger partial charge >= 0.3 is 6.03 Å². The lowest BCUT2D eigenvalue weighted by molar-refractivity contribution is -0.632. The molecule has 2 aromatic rings. The second kappa shape index (κ2) is 17.5. The summed E-state index contributed by atoms with van der Waals surface area (Å²) < 4.78 is 11.6. The third kappa shape index (κ3) is 9.10. The number of hydrogen-bond donors (Lipinski definition) is 1. The summed E-state index contributed by atoms with van der Waals surface area (Å²) in [6.45, 7) is 7.78. The predicted octanol–water partition coefficient (Wildman–Crippen LogP) is 6.54. The zero-order valence-corrected chi connectivity index (χ0v) is 30.4. The molecule has 0 saturated carbocycles. The molecule has 2 aromatic carbocycles. The molecule has 49 heavy (non-hydrogen) atoms. The highest BCUT2D eigenvalue weighted by Crippen LogP contribution is 2.33. The van der Waals surface area contributed by atoms with Crippen LogP contribution in [0.15, 0.2) is 77.7 Å². The molecule has 5 rings (SSSR count). The largest absolute Gasteiger partial charge is 0.495 e. The Kier molecular flexibility index (Phi) is 14.0. The number of piperazine rings is 1. The summed E-state index contributed by atoms with van der Waals surface area (Å²) in [4.78, 5) is 50.0. The van der Waals surface area contributed by atoms with Crippen LogP contribution in [0.3, 0.4) is 0 Å². The average Bonchev–Trinajstić information content (AvgIpc) is 3.43. The first kappa shape index (κ1) is 39.3. The van der Waals surface area contributed by atoms with Crippen LogP contribution in [0.2, 0.25) is 0 Å². The molecule has 0 aromatic heterocycles. The van der Waals surface area contributed by atoms with E-state index in [0.717, 1.165) is 56.7 Å². The Labute approximate surface area is 301 Å². The Morgan fingerprint density at radius 3 is 2.45 bits per heavy atom. The number of nitrogens with zero attached hydrogens (tertiary/aromatic N) is 5. The number of rotatable bonds is 11. The number of halogens is 2. The van der Waals surface area contributed by atoms with E-state index in [-0.39, 0.29) is 47.1 Å². The Balaban J connectivity index is 0.00000325. The highest BCUT2D eigenvalue weighted by molar-refractivity contribution is 6.08. The third-order valence-electron chi connectivity index (χ3n) is 8.69. The van der Waals surface area contributed by atoms with Crippen LogP contribution in [0, 0.1) is 6.92 Å². The maximum atomic E-state index is 13.7. The number of unbranched alkanes of at least 4 members (excludes halogenated alkanes) is 2. The van der Waals surface area contributed by atoms with E-state index in [2.05, 4.69) is 22.3 Å². The van der Waals surface area contributed by atoms with Crippen molar-refractivity contribution < 1.29 is 28.3 Å². The molecule has 1 atom stereocenters. The lowest BCUT2D eigenvalue weighted by Crippen LogP contribution is -2.49. The van der Waals surface area contributed by atoms with Crippen LogP contribution in [0.1, 0.15) is 48.5 Å². The first-order chi connectivity index (χ1) is 22.6. The second-order valence-electron chi connectivity index (χ2n) is 12.2. The number of fused-ring (bicyclic) bond motifs is 1. The van der Waals surface area contributed by atoms with Crippen molar-refractivity contribution >= 4 is 59.9 Å². The molecule has 0 bridgehead atoms. The summed E-state index contributed by atoms with van der Waals surface area (Å²) in [5.74, 6) is 1.55. The van der Waals surface area contributed by atoms with E-state index in [4.69, 9.17) is 9.47 Å². The highest BCUT2D eigenvalue weighted by Gasteiger charge is 2.43. The number of anilines is 2. The molecule has 3 aliphatic heterocycles. The molecule has 0 aliphatic carbocycles. The minimum Gasteiger partial charge on any atom is -0.495 e. The Bertz CT molecular complexity index is 1650. The fraction of sp³-hybridized carbons (Fsp3) is 0.389. The number of methoxy groups -OCH3 is 1. The maximum Gasteiger partial charge on any atom is 0.436 e. The summed E-state index contributed by atoms with van der Waals surface area (Å²) in [6, 6.07) is 10.4. The van der Waals surface area contributed by atoms with Crippen molar-refractivity contribution in [1.29, 1.82) is 0 Å². The predicted molar refractivity (Wildman–Crippen MR) is 198 cm³/mol. The smallest absolute Gasteiger partial charge is 0.436 e. The van der Waals surface area contributed by atoms with Gasteiger partial charge in [-0.25, -0.2) is 4.79 Å². The Hall–Kier alpha value is -4.16. The molecular formula is C36H47Cl2N6O5+. The number of allylic oxidation sites excluding steroid dienone is 3. The fourth-order valence-corrected chi connectivity index (χ4v) is 5.89. The summed E-state index contributed by atoms with van der Waals surface area (Å²) in [5, 5.41) is 2.95. The van der Waals surface area contributed by atoms with Gasteiger partial charge < -0.3 is 24.2 Å². The van der Waals surface area contributed by atoms with Gasteiger partial charge in [0, 0.05) is 51.3 Å². The van der Waals surface area contributed by atoms with Gasteiger partial charge in [-0.1, -0.05) is 6.07 Å². The number of urea groups is 1. The van der Waals surface area contributed by atoms with Crippen LogP contribution in [0.25, 0.3) is 0 Å². The summed E-state index contributed by atoms with van der Waals surface area (Å²) in [6.07, 6.45) is 12.1. The molecule has 4 amide bonds. The summed E-state index contributed by atoms with van der Waals surface area (Å²) in [7, 11) is 5.29. The normalized spacial score (nSPS) is 17.9. The molecule has 13 heteroatoms. The van der Waals surface area contributed by atoms with Gasteiger partial charge in [-0.15, -0.1) is 29.3 Å². The van der Waals surface area contributed by atoms with E-state index in [1.807, 2.05) is 55.2 Å². The van der Waals surface area contributed by atoms with Crippen molar-refractivity contribution in [2.24, 2.45) is 4.99 Å². The van der Waals surface area contributed by atoms with Crippen molar-refractivity contribution in [3.05, 3.63) is 83.9 Å². The van der Waals surface area contributed by atoms with Gasteiger partial charge in [0.05, 0.1) is 30.8 Å². The number of amidine groups is 1. The van der Waals surface area contributed by atoms with Crippen molar-refractivity contribution in [1.82, 2.24) is 9.80 Å². The minimum atomic E-state index is -0.321. The van der Waals surface area contributed by atoms with Crippen molar-refractivity contribution in [3.63, 3.8) is 0 Å². The number of amides is 4. The number of nitrogens with one attached hydrogen (secondary N) is 1. The van der Waals surface area contributed by atoms with Crippen molar-refractivity contribution in [3.8, 4) is 11.5 Å². The van der Waals surface area contributed by atoms with E-state index in [1.54, 1.807) is 42.5 Å².